The van der Waals surface area contributed by atoms with Crippen molar-refractivity contribution in [1.82, 2.24) is 15.1 Å². The smallest absolute Gasteiger partial charge is 0.246 e. The first-order valence-electron chi connectivity index (χ1n) is 15.3. The number of hydrogen-bond donors (Lipinski definition) is 2. The number of piperazine rings is 1. The Bertz CT molecular complexity index is 1190. The van der Waals surface area contributed by atoms with Crippen molar-refractivity contribution >= 4 is 11.8 Å². The van der Waals surface area contributed by atoms with E-state index in [2.05, 4.69) is 29.3 Å². The van der Waals surface area contributed by atoms with Crippen LogP contribution in [0.3, 0.4) is 0 Å². The number of rotatable bonds is 10. The molecule has 8 nitrogen and oxygen atoms in total. The summed E-state index contributed by atoms with van der Waals surface area (Å²) in [5.41, 5.74) is -0.494. The molecule has 8 heteroatoms. The molecule has 222 valence electrons. The molecule has 2 saturated heterocycles. The second-order valence-corrected chi connectivity index (χ2v) is 12.1. The van der Waals surface area contributed by atoms with E-state index < -0.39 is 17.2 Å². The molecule has 1 saturated carbocycles. The summed E-state index contributed by atoms with van der Waals surface area (Å²) in [6.07, 6.45) is 7.84. The number of para-hydroxylation sites is 2. The van der Waals surface area contributed by atoms with Crippen LogP contribution in [0.15, 0.2) is 48.5 Å². The van der Waals surface area contributed by atoms with Gasteiger partial charge in [0, 0.05) is 32.6 Å². The highest BCUT2D eigenvalue weighted by Crippen LogP contribution is 2.38. The van der Waals surface area contributed by atoms with Crippen molar-refractivity contribution in [3.63, 3.8) is 0 Å². The predicted molar refractivity (Wildman–Crippen MR) is 158 cm³/mol. The van der Waals surface area contributed by atoms with Gasteiger partial charge in [-0.15, -0.1) is 0 Å². The van der Waals surface area contributed by atoms with Crippen molar-refractivity contribution in [3.05, 3.63) is 54.1 Å². The van der Waals surface area contributed by atoms with Gasteiger partial charge in [0.2, 0.25) is 11.8 Å². The average molecular weight is 564 g/mol. The van der Waals surface area contributed by atoms with E-state index in [0.29, 0.717) is 50.1 Å². The van der Waals surface area contributed by atoms with E-state index >= 15 is 0 Å². The largest absolute Gasteiger partial charge is 0.493 e. The predicted octanol–water partition coefficient (Wildman–Crippen LogP) is 5.03. The van der Waals surface area contributed by atoms with Crippen LogP contribution in [-0.2, 0) is 16.1 Å². The SMILES string of the molecule is CCCCN1C(=O)[C@@H](CC2(O)CCCCC2)NC(=O)C12CCN(Cc1ccc(Oc3ccccc3OC)cc1)CC2. The molecule has 41 heavy (non-hydrogen) atoms. The minimum absolute atomic E-state index is 0.0175. The second-order valence-electron chi connectivity index (χ2n) is 12.1. The third-order valence-electron chi connectivity index (χ3n) is 9.22. The zero-order valence-electron chi connectivity index (χ0n) is 24.6. The summed E-state index contributed by atoms with van der Waals surface area (Å²) >= 11 is 0. The van der Waals surface area contributed by atoms with Gasteiger partial charge in [-0.2, -0.15) is 0 Å². The molecule has 2 aliphatic heterocycles. The van der Waals surface area contributed by atoms with Gasteiger partial charge in [0.05, 0.1) is 12.7 Å². The van der Waals surface area contributed by atoms with Gasteiger partial charge in [0.1, 0.15) is 17.3 Å². The highest BCUT2D eigenvalue weighted by Gasteiger charge is 2.54. The lowest BCUT2D eigenvalue weighted by molar-refractivity contribution is -0.163. The fourth-order valence-corrected chi connectivity index (χ4v) is 6.78. The maximum absolute atomic E-state index is 13.8. The summed E-state index contributed by atoms with van der Waals surface area (Å²) in [6.45, 7) is 4.93. The Kier molecular flexibility index (Phi) is 9.19. The van der Waals surface area contributed by atoms with Crippen LogP contribution in [0.1, 0.15) is 76.7 Å². The molecule has 0 aromatic heterocycles. The second kappa shape index (κ2) is 12.8. The fraction of sp³-hybridized carbons (Fsp3) is 0.576. The monoisotopic (exact) mass is 563 g/mol. The van der Waals surface area contributed by atoms with E-state index in [4.69, 9.17) is 9.47 Å². The maximum atomic E-state index is 13.8. The molecule has 2 amide bonds. The topological polar surface area (TPSA) is 91.3 Å². The summed E-state index contributed by atoms with van der Waals surface area (Å²) in [7, 11) is 1.63. The minimum atomic E-state index is -0.857. The van der Waals surface area contributed by atoms with Crippen molar-refractivity contribution < 1.29 is 24.2 Å². The van der Waals surface area contributed by atoms with Crippen molar-refractivity contribution in [1.29, 1.82) is 0 Å². The number of nitrogens with one attached hydrogen (secondary N) is 1. The quantitative estimate of drug-likeness (QED) is 0.421. The third-order valence-corrected chi connectivity index (χ3v) is 9.22. The maximum Gasteiger partial charge on any atom is 0.246 e. The Balaban J connectivity index is 1.21. The Morgan fingerprint density at radius 2 is 1.63 bits per heavy atom. The molecule has 3 fully saturated rings. The summed E-state index contributed by atoms with van der Waals surface area (Å²) < 4.78 is 11.4. The molecule has 2 heterocycles. The number of carbonyl (C=O) groups is 2. The Hall–Kier alpha value is -3.10. The van der Waals surface area contributed by atoms with Gasteiger partial charge in [-0.05, 0) is 61.9 Å². The Labute approximate surface area is 244 Å². The van der Waals surface area contributed by atoms with Gasteiger partial charge in [-0.1, -0.05) is 56.9 Å². The molecule has 1 spiro atoms. The average Bonchev–Trinajstić information content (AvgIpc) is 2.98. The number of nitrogens with zero attached hydrogens (tertiary/aromatic N) is 2. The molecule has 0 radical (unpaired) electrons. The van der Waals surface area contributed by atoms with Gasteiger partial charge in [-0.25, -0.2) is 0 Å². The van der Waals surface area contributed by atoms with Gasteiger partial charge >= 0.3 is 0 Å². The molecule has 0 unspecified atom stereocenters. The van der Waals surface area contributed by atoms with Gasteiger partial charge in [0.25, 0.3) is 0 Å². The number of aliphatic hydroxyl groups is 1. The number of piperidine rings is 1. The Morgan fingerprint density at radius 1 is 0.951 bits per heavy atom. The summed E-state index contributed by atoms with van der Waals surface area (Å²) in [6, 6.07) is 15.0. The van der Waals surface area contributed by atoms with Crippen molar-refractivity contribution in [2.24, 2.45) is 0 Å². The van der Waals surface area contributed by atoms with Crippen LogP contribution in [-0.4, -0.2) is 70.6 Å². The highest BCUT2D eigenvalue weighted by atomic mass is 16.5. The number of benzene rings is 2. The van der Waals surface area contributed by atoms with Crippen LogP contribution >= 0.6 is 0 Å². The van der Waals surface area contributed by atoms with E-state index in [9.17, 15) is 14.7 Å². The molecular formula is C33H45N3O5. The number of ether oxygens (including phenoxy) is 2. The minimum Gasteiger partial charge on any atom is -0.493 e. The normalized spacial score (nSPS) is 22.4. The van der Waals surface area contributed by atoms with Crippen LogP contribution < -0.4 is 14.8 Å². The Morgan fingerprint density at radius 3 is 2.29 bits per heavy atom. The van der Waals surface area contributed by atoms with E-state index in [1.54, 1.807) is 7.11 Å². The fourth-order valence-electron chi connectivity index (χ4n) is 6.78. The van der Waals surface area contributed by atoms with Crippen LogP contribution in [0.4, 0.5) is 0 Å². The van der Waals surface area contributed by atoms with E-state index in [1.165, 1.54) is 5.56 Å². The van der Waals surface area contributed by atoms with E-state index in [0.717, 1.165) is 57.5 Å². The number of amides is 2. The summed E-state index contributed by atoms with van der Waals surface area (Å²) in [5, 5.41) is 14.2. The van der Waals surface area contributed by atoms with Crippen molar-refractivity contribution in [3.8, 4) is 17.2 Å². The van der Waals surface area contributed by atoms with Gasteiger partial charge in [0.15, 0.2) is 11.5 Å². The molecule has 0 bridgehead atoms. The first kappa shape index (κ1) is 29.4. The van der Waals surface area contributed by atoms with E-state index in [-0.39, 0.29) is 11.8 Å². The standard InChI is InChI=1S/C33H45N3O5/c1-3-4-20-36-30(37)27(23-32(39)16-8-5-9-17-32)34-31(38)33(36)18-21-35(22-19-33)24-25-12-14-26(15-13-25)41-29-11-7-6-10-28(29)40-2/h6-7,10-15,27,39H,3-5,8-9,16-24H2,1-2H3,(H,34,38)/t27-/m1/s1. The van der Waals surface area contributed by atoms with Crippen LogP contribution in [0.5, 0.6) is 17.2 Å². The first-order chi connectivity index (χ1) is 19.9. The number of likely N-dealkylation sites (tertiary alicyclic amines) is 1. The zero-order chi connectivity index (χ0) is 28.9. The van der Waals surface area contributed by atoms with Crippen molar-refractivity contribution in [2.45, 2.75) is 94.9 Å². The van der Waals surface area contributed by atoms with Crippen molar-refractivity contribution in [2.75, 3.05) is 26.7 Å². The zero-order valence-corrected chi connectivity index (χ0v) is 24.6. The lowest BCUT2D eigenvalue weighted by Crippen LogP contribution is -2.73. The van der Waals surface area contributed by atoms with Crippen LogP contribution in [0.25, 0.3) is 0 Å². The van der Waals surface area contributed by atoms with Crippen LogP contribution in [0.2, 0.25) is 0 Å². The number of carbonyl (C=O) groups excluding carboxylic acids is 2. The molecule has 2 N–H and O–H groups in total. The molecule has 2 aromatic carbocycles. The molecule has 5 rings (SSSR count). The number of unbranched alkanes of at least 4 members (excludes halogenated alkanes) is 1. The lowest BCUT2D eigenvalue weighted by Gasteiger charge is -2.52. The van der Waals surface area contributed by atoms with Gasteiger partial charge < -0.3 is 24.8 Å². The number of hydrogen-bond acceptors (Lipinski definition) is 6. The molecular weight excluding hydrogens is 518 g/mol. The molecule has 1 atom stereocenters. The molecule has 2 aromatic rings. The van der Waals surface area contributed by atoms with E-state index in [1.807, 2.05) is 41.3 Å². The lowest BCUT2D eigenvalue weighted by atomic mass is 9.77. The molecule has 1 aliphatic carbocycles. The first-order valence-corrected chi connectivity index (χ1v) is 15.3. The van der Waals surface area contributed by atoms with Gasteiger partial charge in [-0.3, -0.25) is 14.5 Å². The molecule has 3 aliphatic rings. The van der Waals surface area contributed by atoms with Crippen LogP contribution in [0, 0.1) is 0 Å². The number of methoxy groups -OCH3 is 1. The summed E-state index contributed by atoms with van der Waals surface area (Å²) in [5.74, 6) is 2.04. The highest BCUT2D eigenvalue weighted by molar-refractivity contribution is 6.00. The summed E-state index contributed by atoms with van der Waals surface area (Å²) in [4.78, 5) is 31.8. The third kappa shape index (κ3) is 6.54.